The van der Waals surface area contributed by atoms with E-state index in [4.69, 9.17) is 16.6 Å². The second kappa shape index (κ2) is 5.53. The molecule has 0 aliphatic carbocycles. The molecular formula is C14H13ClIN2-. The van der Waals surface area contributed by atoms with Gasteiger partial charge < -0.3 is 0 Å². The summed E-state index contributed by atoms with van der Waals surface area (Å²) in [4.78, 5) is 9.22. The second-order valence-corrected chi connectivity index (χ2v) is 8.06. The van der Waals surface area contributed by atoms with E-state index in [1.165, 1.54) is 10.1 Å². The van der Waals surface area contributed by atoms with Gasteiger partial charge in [0.15, 0.2) is 0 Å². The molecular weight excluding hydrogens is 359 g/mol. The molecule has 2 aromatic heterocycles. The van der Waals surface area contributed by atoms with Crippen molar-refractivity contribution in [1.82, 2.24) is 9.97 Å². The molecule has 0 aromatic carbocycles. The number of hydrogen-bond donors (Lipinski definition) is 0. The first kappa shape index (κ1) is 12.4. The molecule has 1 fully saturated rings. The van der Waals surface area contributed by atoms with Crippen LogP contribution in [0.4, 0.5) is 0 Å². The Morgan fingerprint density at radius 2 is 1.67 bits per heavy atom. The normalized spacial score (nSPS) is 18.2. The van der Waals surface area contributed by atoms with Gasteiger partial charge in [-0.3, -0.25) is 0 Å². The molecule has 0 bridgehead atoms. The monoisotopic (exact) mass is 371 g/mol. The number of pyridine rings is 2. The van der Waals surface area contributed by atoms with Crippen molar-refractivity contribution in [2.75, 3.05) is 4.43 Å². The Bertz CT molecular complexity index is 555. The average Bonchev–Trinajstić information content (AvgIpc) is 3.23. The fourth-order valence-corrected chi connectivity index (χ4v) is 3.41. The molecule has 1 unspecified atom stereocenters. The third kappa shape index (κ3) is 3.01. The summed E-state index contributed by atoms with van der Waals surface area (Å²) in [7, 11) is 0. The molecule has 1 aliphatic heterocycles. The molecule has 94 valence electrons. The molecule has 0 spiro atoms. The van der Waals surface area contributed by atoms with E-state index in [1.54, 1.807) is 0 Å². The number of halogens is 2. The third-order valence-electron chi connectivity index (χ3n) is 2.82. The van der Waals surface area contributed by atoms with Gasteiger partial charge in [0.25, 0.3) is 0 Å². The van der Waals surface area contributed by atoms with Crippen LogP contribution in [0.1, 0.15) is 11.4 Å². The molecule has 1 aliphatic rings. The summed E-state index contributed by atoms with van der Waals surface area (Å²) in [6.45, 7) is 0. The third-order valence-corrected chi connectivity index (χ3v) is 5.66. The molecule has 1 atom stereocenters. The zero-order valence-electron chi connectivity index (χ0n) is 9.81. The van der Waals surface area contributed by atoms with Gasteiger partial charge in [-0.2, -0.15) is 0 Å². The van der Waals surface area contributed by atoms with Crippen molar-refractivity contribution < 1.29 is 21.2 Å². The fourth-order valence-electron chi connectivity index (χ4n) is 1.83. The van der Waals surface area contributed by atoms with Crippen LogP contribution in [0, 0.1) is 0 Å². The second-order valence-electron chi connectivity index (χ2n) is 4.27. The minimum absolute atomic E-state index is 0.444. The average molecular weight is 372 g/mol. The van der Waals surface area contributed by atoms with Gasteiger partial charge in [-0.05, 0) is 0 Å². The maximum absolute atomic E-state index is 5.82. The summed E-state index contributed by atoms with van der Waals surface area (Å²) < 4.78 is 2.43. The molecule has 2 nitrogen and oxygen atoms in total. The molecule has 3 rings (SSSR count). The van der Waals surface area contributed by atoms with Gasteiger partial charge in [-0.25, -0.2) is 0 Å². The zero-order chi connectivity index (χ0) is 12.4. The zero-order valence-corrected chi connectivity index (χ0v) is 12.7. The van der Waals surface area contributed by atoms with E-state index in [-0.39, 0.29) is 0 Å². The van der Waals surface area contributed by atoms with E-state index in [0.29, 0.717) is 27.1 Å². The van der Waals surface area contributed by atoms with E-state index < -0.39 is 0 Å². The number of alkyl halides is 3. The Kier molecular flexibility index (Phi) is 3.80. The molecule has 0 saturated carbocycles. The van der Waals surface area contributed by atoms with Gasteiger partial charge in [0.2, 0.25) is 0 Å². The summed E-state index contributed by atoms with van der Waals surface area (Å²) in [5.74, 6) is 0.444. The van der Waals surface area contributed by atoms with Gasteiger partial charge >= 0.3 is 123 Å². The number of nitrogens with zero attached hydrogens (tertiary/aromatic N) is 2. The van der Waals surface area contributed by atoms with Gasteiger partial charge in [0.05, 0.1) is 0 Å². The molecule has 0 N–H and O–H groups in total. The first-order chi connectivity index (χ1) is 8.85. The van der Waals surface area contributed by atoms with Crippen LogP contribution >= 0.6 is 11.6 Å². The van der Waals surface area contributed by atoms with Gasteiger partial charge in [0, 0.05) is 0 Å². The number of aromatic nitrogens is 2. The van der Waals surface area contributed by atoms with E-state index in [1.807, 2.05) is 24.3 Å². The predicted molar refractivity (Wildman–Crippen MR) is 69.4 cm³/mol. The number of rotatable bonds is 4. The minimum atomic E-state index is 0.444. The van der Waals surface area contributed by atoms with Crippen LogP contribution in [0.3, 0.4) is 0 Å². The Labute approximate surface area is 122 Å². The molecule has 0 amide bonds. The van der Waals surface area contributed by atoms with Crippen molar-refractivity contribution in [3.63, 3.8) is 0 Å². The topological polar surface area (TPSA) is 25.8 Å². The SMILES string of the molecule is ClCc1cccc(-c2cccc(CC3C[I-]3)n2)n1. The van der Waals surface area contributed by atoms with E-state index in [0.717, 1.165) is 27.4 Å². The first-order valence-electron chi connectivity index (χ1n) is 5.91. The Hall–Kier alpha value is -0.680. The van der Waals surface area contributed by atoms with Crippen LogP contribution in [-0.2, 0) is 12.3 Å². The quantitative estimate of drug-likeness (QED) is 0.554. The van der Waals surface area contributed by atoms with Crippen molar-refractivity contribution in [1.29, 1.82) is 0 Å². The molecule has 0 radical (unpaired) electrons. The molecule has 18 heavy (non-hydrogen) atoms. The van der Waals surface area contributed by atoms with Crippen LogP contribution in [0.2, 0.25) is 0 Å². The summed E-state index contributed by atoms with van der Waals surface area (Å²) in [5, 5.41) is 0. The van der Waals surface area contributed by atoms with Crippen LogP contribution in [0.15, 0.2) is 36.4 Å². The van der Waals surface area contributed by atoms with E-state index in [2.05, 4.69) is 17.1 Å². The molecule has 2 aromatic rings. The van der Waals surface area contributed by atoms with Crippen molar-refractivity contribution in [2.24, 2.45) is 0 Å². The summed E-state index contributed by atoms with van der Waals surface area (Å²) >= 11 is 6.32. The van der Waals surface area contributed by atoms with Crippen molar-refractivity contribution >= 4 is 11.6 Å². The predicted octanol–water partition coefficient (Wildman–Crippen LogP) is -0.104. The van der Waals surface area contributed by atoms with Gasteiger partial charge in [0.1, 0.15) is 0 Å². The molecule has 1 saturated heterocycles. The standard InChI is InChI=1S/C14H13ClIN2/c15-8-12-4-2-6-14(18-12)13-5-1-3-11(17-13)7-10-9-16-10/h1-6,10H,7-9H2/q-1. The summed E-state index contributed by atoms with van der Waals surface area (Å²) in [6, 6.07) is 12.1. The Balaban J connectivity index is 1.89. The van der Waals surface area contributed by atoms with Crippen molar-refractivity contribution in [3.8, 4) is 11.4 Å². The Morgan fingerprint density at radius 1 is 1.06 bits per heavy atom. The summed E-state index contributed by atoms with van der Waals surface area (Å²) in [5.41, 5.74) is 3.97. The van der Waals surface area contributed by atoms with Gasteiger partial charge in [-0.1, -0.05) is 0 Å². The Morgan fingerprint density at radius 3 is 2.28 bits per heavy atom. The number of hydrogen-bond acceptors (Lipinski definition) is 2. The van der Waals surface area contributed by atoms with Crippen LogP contribution < -0.4 is 21.2 Å². The van der Waals surface area contributed by atoms with Crippen LogP contribution in [-0.4, -0.2) is 18.3 Å². The van der Waals surface area contributed by atoms with E-state index in [9.17, 15) is 0 Å². The van der Waals surface area contributed by atoms with Crippen LogP contribution in [0.5, 0.6) is 0 Å². The van der Waals surface area contributed by atoms with Crippen molar-refractivity contribution in [2.45, 2.75) is 16.2 Å². The van der Waals surface area contributed by atoms with E-state index >= 15 is 0 Å². The van der Waals surface area contributed by atoms with Crippen LogP contribution in [0.25, 0.3) is 11.4 Å². The first-order valence-corrected chi connectivity index (χ1v) is 9.21. The summed E-state index contributed by atoms with van der Waals surface area (Å²) in [6.07, 6.45) is 1.15. The van der Waals surface area contributed by atoms with Crippen molar-refractivity contribution in [3.05, 3.63) is 47.8 Å². The maximum atomic E-state index is 5.82. The van der Waals surface area contributed by atoms with Gasteiger partial charge in [-0.15, -0.1) is 0 Å². The molecule has 3 heterocycles. The fraction of sp³-hybridized carbons (Fsp3) is 0.286. The molecule has 4 heteroatoms.